The summed E-state index contributed by atoms with van der Waals surface area (Å²) in [5.41, 5.74) is -0.683. The first kappa shape index (κ1) is 16.5. The van der Waals surface area contributed by atoms with Crippen molar-refractivity contribution in [1.82, 2.24) is 0 Å². The van der Waals surface area contributed by atoms with Crippen molar-refractivity contribution in [2.24, 2.45) is 10.6 Å². The average molecular weight is 338 g/mol. The van der Waals surface area contributed by atoms with Crippen LogP contribution in [0.2, 0.25) is 5.02 Å². The predicted octanol–water partition coefficient (Wildman–Crippen LogP) is 1.94. The summed E-state index contributed by atoms with van der Waals surface area (Å²) in [7, 11) is -3.67. The standard InChI is InChI=1S/C13H17ClFNO4S/c14-10-2-1-3-11(15)12(10)20-8-13(9-21(16,17)18)4-6-19-7-5-13/h1-3H,4-9H2,(H2,16,17,18). The summed E-state index contributed by atoms with van der Waals surface area (Å²) in [6.45, 7) is 0.862. The van der Waals surface area contributed by atoms with Crippen LogP contribution >= 0.6 is 11.6 Å². The fourth-order valence-corrected chi connectivity index (χ4v) is 3.85. The molecule has 0 aliphatic carbocycles. The lowest BCUT2D eigenvalue weighted by Gasteiger charge is -2.36. The fraction of sp³-hybridized carbons (Fsp3) is 0.538. The molecular formula is C13H17ClFNO4S. The lowest BCUT2D eigenvalue weighted by atomic mass is 9.83. The third kappa shape index (κ3) is 4.54. The molecule has 0 unspecified atom stereocenters. The Bertz CT molecular complexity index is 582. The molecule has 21 heavy (non-hydrogen) atoms. The van der Waals surface area contributed by atoms with Gasteiger partial charge in [0.05, 0.1) is 17.4 Å². The molecule has 1 heterocycles. The second-order valence-corrected chi connectivity index (χ2v) is 7.28. The minimum Gasteiger partial charge on any atom is -0.488 e. The summed E-state index contributed by atoms with van der Waals surface area (Å²) in [5.74, 6) is -0.880. The van der Waals surface area contributed by atoms with Crippen LogP contribution in [0.15, 0.2) is 18.2 Å². The summed E-state index contributed by atoms with van der Waals surface area (Å²) < 4.78 is 47.3. The highest BCUT2D eigenvalue weighted by molar-refractivity contribution is 7.89. The van der Waals surface area contributed by atoms with Crippen LogP contribution in [0.25, 0.3) is 0 Å². The maximum Gasteiger partial charge on any atom is 0.209 e. The van der Waals surface area contributed by atoms with Gasteiger partial charge < -0.3 is 9.47 Å². The van der Waals surface area contributed by atoms with Crippen LogP contribution in [-0.2, 0) is 14.8 Å². The van der Waals surface area contributed by atoms with Crippen LogP contribution in [-0.4, -0.2) is 34.0 Å². The molecule has 1 aliphatic rings. The van der Waals surface area contributed by atoms with Crippen LogP contribution in [0.3, 0.4) is 0 Å². The van der Waals surface area contributed by atoms with E-state index in [1.54, 1.807) is 0 Å². The van der Waals surface area contributed by atoms with Gasteiger partial charge in [-0.1, -0.05) is 17.7 Å². The van der Waals surface area contributed by atoms with Gasteiger partial charge in [0.2, 0.25) is 10.0 Å². The summed E-state index contributed by atoms with van der Waals surface area (Å²) in [5, 5.41) is 5.30. The minimum absolute atomic E-state index is 0.0213. The second-order valence-electron chi connectivity index (χ2n) is 5.26. The Morgan fingerprint density at radius 3 is 2.62 bits per heavy atom. The Morgan fingerprint density at radius 1 is 1.38 bits per heavy atom. The van der Waals surface area contributed by atoms with Gasteiger partial charge in [0, 0.05) is 18.6 Å². The average Bonchev–Trinajstić information content (AvgIpc) is 2.37. The number of ether oxygens (including phenoxy) is 2. The molecule has 1 aromatic rings. The van der Waals surface area contributed by atoms with Crippen molar-refractivity contribution in [2.75, 3.05) is 25.6 Å². The number of halogens is 2. The van der Waals surface area contributed by atoms with Crippen LogP contribution in [0.4, 0.5) is 4.39 Å². The van der Waals surface area contributed by atoms with E-state index in [1.165, 1.54) is 18.2 Å². The van der Waals surface area contributed by atoms with Crippen LogP contribution < -0.4 is 9.88 Å². The van der Waals surface area contributed by atoms with E-state index in [1.807, 2.05) is 0 Å². The number of benzene rings is 1. The Kier molecular flexibility index (Phi) is 5.08. The van der Waals surface area contributed by atoms with Crippen molar-refractivity contribution in [3.63, 3.8) is 0 Å². The van der Waals surface area contributed by atoms with E-state index in [9.17, 15) is 12.8 Å². The van der Waals surface area contributed by atoms with Gasteiger partial charge in [-0.15, -0.1) is 0 Å². The first-order chi connectivity index (χ1) is 9.81. The van der Waals surface area contributed by atoms with Crippen LogP contribution in [0.5, 0.6) is 5.75 Å². The lowest BCUT2D eigenvalue weighted by Crippen LogP contribution is -2.42. The topological polar surface area (TPSA) is 78.6 Å². The molecule has 2 rings (SSSR count). The predicted molar refractivity (Wildman–Crippen MR) is 77.4 cm³/mol. The second kappa shape index (κ2) is 6.48. The van der Waals surface area contributed by atoms with Crippen molar-refractivity contribution >= 4 is 21.6 Å². The number of nitrogens with two attached hydrogens (primary N) is 1. The minimum atomic E-state index is -3.67. The Hall–Kier alpha value is -0.890. The number of para-hydroxylation sites is 1. The molecule has 1 aliphatic heterocycles. The highest BCUT2D eigenvalue weighted by atomic mass is 35.5. The van der Waals surface area contributed by atoms with Gasteiger partial charge in [0.25, 0.3) is 0 Å². The van der Waals surface area contributed by atoms with Crippen LogP contribution in [0.1, 0.15) is 12.8 Å². The lowest BCUT2D eigenvalue weighted by molar-refractivity contribution is 0.00147. The van der Waals surface area contributed by atoms with E-state index in [0.29, 0.717) is 26.1 Å². The molecule has 0 atom stereocenters. The zero-order chi connectivity index (χ0) is 15.5. The molecule has 0 radical (unpaired) electrons. The van der Waals surface area contributed by atoms with Crippen molar-refractivity contribution in [2.45, 2.75) is 12.8 Å². The van der Waals surface area contributed by atoms with Gasteiger partial charge in [-0.2, -0.15) is 0 Å². The molecule has 118 valence electrons. The highest BCUT2D eigenvalue weighted by Crippen LogP contribution is 2.35. The molecule has 1 fully saturated rings. The van der Waals surface area contributed by atoms with Crippen molar-refractivity contribution in [3.8, 4) is 5.75 Å². The first-order valence-corrected chi connectivity index (χ1v) is 8.56. The third-order valence-electron chi connectivity index (χ3n) is 3.50. The Morgan fingerprint density at radius 2 is 2.05 bits per heavy atom. The number of sulfonamides is 1. The van der Waals surface area contributed by atoms with E-state index < -0.39 is 21.3 Å². The van der Waals surface area contributed by atoms with E-state index in [2.05, 4.69) is 0 Å². The molecule has 0 amide bonds. The van der Waals surface area contributed by atoms with E-state index in [-0.39, 0.29) is 23.1 Å². The number of hydrogen-bond donors (Lipinski definition) is 1. The molecule has 0 spiro atoms. The maximum atomic E-state index is 13.7. The highest BCUT2D eigenvalue weighted by Gasteiger charge is 2.37. The fourth-order valence-electron chi connectivity index (χ4n) is 2.41. The third-order valence-corrected chi connectivity index (χ3v) is 4.81. The molecule has 0 saturated carbocycles. The van der Waals surface area contributed by atoms with Crippen LogP contribution in [0, 0.1) is 11.2 Å². The Balaban J connectivity index is 2.16. The molecule has 5 nitrogen and oxygen atoms in total. The van der Waals surface area contributed by atoms with Gasteiger partial charge in [-0.05, 0) is 25.0 Å². The van der Waals surface area contributed by atoms with E-state index in [0.717, 1.165) is 0 Å². The molecule has 1 saturated heterocycles. The van der Waals surface area contributed by atoms with E-state index >= 15 is 0 Å². The van der Waals surface area contributed by atoms with Crippen molar-refractivity contribution < 1.29 is 22.3 Å². The number of rotatable bonds is 5. The van der Waals surface area contributed by atoms with Gasteiger partial charge in [-0.3, -0.25) is 0 Å². The zero-order valence-corrected chi connectivity index (χ0v) is 12.9. The monoisotopic (exact) mass is 337 g/mol. The number of hydrogen-bond acceptors (Lipinski definition) is 4. The molecule has 0 aromatic heterocycles. The van der Waals surface area contributed by atoms with E-state index in [4.69, 9.17) is 26.2 Å². The van der Waals surface area contributed by atoms with Gasteiger partial charge in [0.15, 0.2) is 11.6 Å². The summed E-state index contributed by atoms with van der Waals surface area (Å²) in [6.07, 6.45) is 0.963. The summed E-state index contributed by atoms with van der Waals surface area (Å²) in [4.78, 5) is 0. The Labute approximate surface area is 128 Å². The first-order valence-electron chi connectivity index (χ1n) is 6.46. The molecule has 8 heteroatoms. The molecule has 2 N–H and O–H groups in total. The SMILES string of the molecule is NS(=O)(=O)CC1(COc2c(F)cccc2Cl)CCOCC1. The summed E-state index contributed by atoms with van der Waals surface area (Å²) >= 11 is 5.89. The summed E-state index contributed by atoms with van der Waals surface area (Å²) in [6, 6.07) is 4.22. The van der Waals surface area contributed by atoms with Gasteiger partial charge >= 0.3 is 0 Å². The molecular weight excluding hydrogens is 321 g/mol. The number of primary sulfonamides is 1. The smallest absolute Gasteiger partial charge is 0.209 e. The molecule has 0 bridgehead atoms. The maximum absolute atomic E-state index is 13.7. The van der Waals surface area contributed by atoms with Gasteiger partial charge in [-0.25, -0.2) is 17.9 Å². The quantitative estimate of drug-likeness (QED) is 0.890. The molecule has 1 aromatic carbocycles. The largest absolute Gasteiger partial charge is 0.488 e. The van der Waals surface area contributed by atoms with Crippen molar-refractivity contribution in [1.29, 1.82) is 0 Å². The van der Waals surface area contributed by atoms with Crippen molar-refractivity contribution in [3.05, 3.63) is 29.0 Å². The normalized spacial score (nSPS) is 18.4. The zero-order valence-electron chi connectivity index (χ0n) is 11.3. The van der Waals surface area contributed by atoms with Gasteiger partial charge in [0.1, 0.15) is 0 Å².